The Bertz CT molecular complexity index is 389. The maximum Gasteiger partial charge on any atom is 0.329 e. The van der Waals surface area contributed by atoms with Crippen molar-refractivity contribution < 1.29 is 14.7 Å². The molecule has 1 amide bonds. The minimum atomic E-state index is -0.714. The van der Waals surface area contributed by atoms with Crippen LogP contribution in [0.3, 0.4) is 0 Å². The molecule has 5 heteroatoms. The quantitative estimate of drug-likeness (QED) is 0.551. The van der Waals surface area contributed by atoms with Crippen molar-refractivity contribution in [1.29, 1.82) is 0 Å². The standard InChI is InChI=1S/C10H10N2O3/c13-9(12-14)10-11-8(6-15-10)7-4-2-1-3-5-7/h1-5,8,14H,6H2,(H,12,13). The van der Waals surface area contributed by atoms with Gasteiger partial charge >= 0.3 is 5.91 Å². The number of carbonyl (C=O) groups is 1. The minimum absolute atomic E-state index is 0.0775. The predicted molar refractivity (Wildman–Crippen MR) is 52.5 cm³/mol. The molecule has 78 valence electrons. The van der Waals surface area contributed by atoms with E-state index in [0.29, 0.717) is 6.61 Å². The van der Waals surface area contributed by atoms with Gasteiger partial charge in [0.15, 0.2) is 0 Å². The lowest BCUT2D eigenvalue weighted by Crippen LogP contribution is -2.28. The Morgan fingerprint density at radius 1 is 1.47 bits per heavy atom. The van der Waals surface area contributed by atoms with Crippen LogP contribution in [0.25, 0.3) is 0 Å². The van der Waals surface area contributed by atoms with Gasteiger partial charge in [0, 0.05) is 0 Å². The molecule has 1 aromatic rings. The van der Waals surface area contributed by atoms with Crippen molar-refractivity contribution in [3.05, 3.63) is 35.9 Å². The monoisotopic (exact) mass is 206 g/mol. The maximum atomic E-state index is 11.0. The van der Waals surface area contributed by atoms with Crippen LogP contribution in [0.5, 0.6) is 0 Å². The van der Waals surface area contributed by atoms with Crippen LogP contribution >= 0.6 is 0 Å². The summed E-state index contributed by atoms with van der Waals surface area (Å²) in [6.07, 6.45) is 0. The van der Waals surface area contributed by atoms with Gasteiger partial charge in [0.25, 0.3) is 5.90 Å². The molecule has 15 heavy (non-hydrogen) atoms. The van der Waals surface area contributed by atoms with Gasteiger partial charge in [-0.1, -0.05) is 30.3 Å². The lowest BCUT2D eigenvalue weighted by atomic mass is 10.1. The van der Waals surface area contributed by atoms with Crippen LogP contribution in [0.1, 0.15) is 11.6 Å². The molecule has 0 radical (unpaired) electrons. The van der Waals surface area contributed by atoms with Crippen molar-refractivity contribution in [1.82, 2.24) is 5.48 Å². The van der Waals surface area contributed by atoms with E-state index >= 15 is 0 Å². The first-order valence-electron chi connectivity index (χ1n) is 4.51. The second-order valence-electron chi connectivity index (χ2n) is 3.11. The zero-order chi connectivity index (χ0) is 10.7. The second kappa shape index (κ2) is 4.10. The number of nitrogens with zero attached hydrogens (tertiary/aromatic N) is 1. The zero-order valence-electron chi connectivity index (χ0n) is 7.88. The van der Waals surface area contributed by atoms with Crippen LogP contribution in [0.15, 0.2) is 35.3 Å². The third-order valence-corrected chi connectivity index (χ3v) is 2.13. The highest BCUT2D eigenvalue weighted by molar-refractivity contribution is 6.35. The van der Waals surface area contributed by atoms with Gasteiger partial charge in [0.2, 0.25) is 0 Å². The van der Waals surface area contributed by atoms with Crippen molar-refractivity contribution in [2.45, 2.75) is 6.04 Å². The van der Waals surface area contributed by atoms with Crippen LogP contribution in [0.4, 0.5) is 0 Å². The Labute approximate surface area is 86.4 Å². The summed E-state index contributed by atoms with van der Waals surface area (Å²) in [6, 6.07) is 9.36. The minimum Gasteiger partial charge on any atom is -0.471 e. The molecule has 0 saturated carbocycles. The summed E-state index contributed by atoms with van der Waals surface area (Å²) in [5.74, 6) is -0.792. The summed E-state index contributed by atoms with van der Waals surface area (Å²) < 4.78 is 5.05. The number of aliphatic imine (C=N–C) groups is 1. The highest BCUT2D eigenvalue weighted by Crippen LogP contribution is 2.22. The number of amides is 1. The van der Waals surface area contributed by atoms with Crippen molar-refractivity contribution >= 4 is 11.8 Å². The van der Waals surface area contributed by atoms with Crippen molar-refractivity contribution in [3.8, 4) is 0 Å². The van der Waals surface area contributed by atoms with E-state index in [1.54, 1.807) is 0 Å². The molecule has 0 bridgehead atoms. The van der Waals surface area contributed by atoms with Gasteiger partial charge in [-0.3, -0.25) is 10.0 Å². The fraction of sp³-hybridized carbons (Fsp3) is 0.200. The first-order valence-corrected chi connectivity index (χ1v) is 4.51. The van der Waals surface area contributed by atoms with Crippen molar-refractivity contribution in [2.75, 3.05) is 6.61 Å². The summed E-state index contributed by atoms with van der Waals surface area (Å²) in [7, 11) is 0. The maximum absolute atomic E-state index is 11.0. The highest BCUT2D eigenvalue weighted by Gasteiger charge is 2.24. The van der Waals surface area contributed by atoms with Gasteiger partial charge in [-0.05, 0) is 5.56 Å². The number of carbonyl (C=O) groups excluding carboxylic acids is 1. The average Bonchev–Trinajstić information content (AvgIpc) is 2.78. The summed E-state index contributed by atoms with van der Waals surface area (Å²) in [5.41, 5.74) is 2.47. The number of hydrogen-bond acceptors (Lipinski definition) is 4. The first-order chi connectivity index (χ1) is 7.31. The van der Waals surface area contributed by atoms with Crippen molar-refractivity contribution in [3.63, 3.8) is 0 Å². The Hall–Kier alpha value is -1.88. The van der Waals surface area contributed by atoms with Crippen LogP contribution < -0.4 is 5.48 Å². The van der Waals surface area contributed by atoms with Gasteiger partial charge in [0.1, 0.15) is 12.6 Å². The third-order valence-electron chi connectivity index (χ3n) is 2.13. The largest absolute Gasteiger partial charge is 0.471 e. The Kier molecular flexibility index (Phi) is 2.64. The summed E-state index contributed by atoms with van der Waals surface area (Å²) in [5, 5.41) is 8.39. The molecule has 0 saturated heterocycles. The normalized spacial score (nSPS) is 19.3. The van der Waals surface area contributed by atoms with Crippen LogP contribution in [0.2, 0.25) is 0 Å². The van der Waals surface area contributed by atoms with E-state index in [0.717, 1.165) is 5.56 Å². The summed E-state index contributed by atoms with van der Waals surface area (Å²) >= 11 is 0. The number of nitrogens with one attached hydrogen (secondary N) is 1. The lowest BCUT2D eigenvalue weighted by Gasteiger charge is -2.03. The average molecular weight is 206 g/mol. The molecule has 2 rings (SSSR count). The second-order valence-corrected chi connectivity index (χ2v) is 3.11. The fourth-order valence-electron chi connectivity index (χ4n) is 1.39. The molecule has 0 aliphatic carbocycles. The molecule has 1 aliphatic rings. The molecule has 0 spiro atoms. The van der Waals surface area contributed by atoms with Crippen LogP contribution in [-0.2, 0) is 9.53 Å². The summed E-state index contributed by atoms with van der Waals surface area (Å²) in [6.45, 7) is 0.326. The zero-order valence-corrected chi connectivity index (χ0v) is 7.88. The van der Waals surface area contributed by atoms with Gasteiger partial charge in [-0.25, -0.2) is 10.5 Å². The van der Waals surface area contributed by atoms with E-state index in [1.165, 1.54) is 5.48 Å². The molecule has 0 fully saturated rings. The van der Waals surface area contributed by atoms with Gasteiger partial charge < -0.3 is 4.74 Å². The Balaban J connectivity index is 2.16. The van der Waals surface area contributed by atoms with Gasteiger partial charge in [0.05, 0.1) is 0 Å². The smallest absolute Gasteiger partial charge is 0.329 e. The molecule has 1 aromatic carbocycles. The first kappa shape index (κ1) is 9.67. The SMILES string of the molecule is O=C(NO)C1=NC(c2ccccc2)CO1. The van der Waals surface area contributed by atoms with E-state index < -0.39 is 5.91 Å². The number of hydroxylamine groups is 1. The molecule has 1 atom stereocenters. The molecule has 2 N–H and O–H groups in total. The Morgan fingerprint density at radius 3 is 2.87 bits per heavy atom. The van der Waals surface area contributed by atoms with E-state index in [-0.39, 0.29) is 11.9 Å². The van der Waals surface area contributed by atoms with E-state index in [4.69, 9.17) is 9.94 Å². The molecular weight excluding hydrogens is 196 g/mol. The number of hydrogen-bond donors (Lipinski definition) is 2. The van der Waals surface area contributed by atoms with Crippen LogP contribution in [-0.4, -0.2) is 23.6 Å². The molecule has 0 aromatic heterocycles. The number of ether oxygens (including phenoxy) is 1. The number of benzene rings is 1. The third kappa shape index (κ3) is 1.97. The summed E-state index contributed by atoms with van der Waals surface area (Å²) in [4.78, 5) is 15.0. The van der Waals surface area contributed by atoms with Gasteiger partial charge in [-0.15, -0.1) is 0 Å². The topological polar surface area (TPSA) is 70.9 Å². The highest BCUT2D eigenvalue weighted by atomic mass is 16.5. The fourth-order valence-corrected chi connectivity index (χ4v) is 1.39. The number of rotatable bonds is 2. The van der Waals surface area contributed by atoms with E-state index in [1.807, 2.05) is 30.3 Å². The van der Waals surface area contributed by atoms with Crippen molar-refractivity contribution in [2.24, 2.45) is 4.99 Å². The lowest BCUT2D eigenvalue weighted by molar-refractivity contribution is -0.123. The molecule has 1 heterocycles. The predicted octanol–water partition coefficient (Wildman–Crippen LogP) is 0.662. The Morgan fingerprint density at radius 2 is 2.20 bits per heavy atom. The van der Waals surface area contributed by atoms with E-state index in [2.05, 4.69) is 4.99 Å². The molecular formula is C10H10N2O3. The van der Waals surface area contributed by atoms with Gasteiger partial charge in [-0.2, -0.15) is 0 Å². The molecule has 1 aliphatic heterocycles. The van der Waals surface area contributed by atoms with Crippen LogP contribution in [0, 0.1) is 0 Å². The van der Waals surface area contributed by atoms with E-state index in [9.17, 15) is 4.79 Å². The molecule has 5 nitrogen and oxygen atoms in total. The molecule has 1 unspecified atom stereocenters.